The van der Waals surface area contributed by atoms with E-state index >= 15 is 0 Å². The Hall–Kier alpha value is -3.96. The molecule has 1 aromatic carbocycles. The highest BCUT2D eigenvalue weighted by Gasteiger charge is 2.17. The van der Waals surface area contributed by atoms with Gasteiger partial charge in [-0.05, 0) is 23.8 Å². The minimum absolute atomic E-state index is 0.248. The Morgan fingerprint density at radius 3 is 2.91 bits per heavy atom. The maximum Gasteiger partial charge on any atom is 0.247 e. The van der Waals surface area contributed by atoms with E-state index in [1.54, 1.807) is 18.0 Å². The normalized spacial score (nSPS) is 13.3. The second kappa shape index (κ2) is 12.0. The van der Waals surface area contributed by atoms with Gasteiger partial charge < -0.3 is 30.3 Å². The summed E-state index contributed by atoms with van der Waals surface area (Å²) in [5, 5.41) is 13.8. The lowest BCUT2D eigenvalue weighted by molar-refractivity contribution is -0.111. The summed E-state index contributed by atoms with van der Waals surface area (Å²) < 4.78 is 12.4. The number of hydrogen-bond donors (Lipinski definition) is 3. The molecule has 2 aromatic heterocycles. The number of nitrogens with zero attached hydrogens (tertiary/aromatic N) is 5. The number of anilines is 5. The van der Waals surface area contributed by atoms with Crippen molar-refractivity contribution in [1.29, 1.82) is 0 Å². The summed E-state index contributed by atoms with van der Waals surface area (Å²) in [4.78, 5) is 23.1. The second-order valence-corrected chi connectivity index (χ2v) is 7.88. The number of carbonyl (C=O) groups excluding carboxylic acids is 1. The standard InChI is InChI=1S/C24H30N8O3/c1-3-22(33)28-19-6-4-5-18(13-19)14-25-23-21(31-7-11-35-12-8-31)16-26-24(30-23)29-20-15-27-32(17-20)9-10-34-2/h3-6,13,15-17H,1,7-12,14H2,2H3,(H,28,33)(H2,25,26,29,30). The Bertz CT molecular complexity index is 1140. The maximum absolute atomic E-state index is 11.6. The third kappa shape index (κ3) is 6.78. The molecule has 0 atom stereocenters. The number of aromatic nitrogens is 4. The van der Waals surface area contributed by atoms with Crippen LogP contribution < -0.4 is 20.9 Å². The summed E-state index contributed by atoms with van der Waals surface area (Å²) in [5.74, 6) is 0.918. The van der Waals surface area contributed by atoms with Gasteiger partial charge in [0, 0.05) is 38.6 Å². The molecule has 1 fully saturated rings. The van der Waals surface area contributed by atoms with Crippen LogP contribution in [0.5, 0.6) is 0 Å². The van der Waals surface area contributed by atoms with Gasteiger partial charge in [-0.1, -0.05) is 18.7 Å². The van der Waals surface area contributed by atoms with E-state index in [1.807, 2.05) is 36.7 Å². The first-order valence-electron chi connectivity index (χ1n) is 11.4. The van der Waals surface area contributed by atoms with Gasteiger partial charge in [-0.3, -0.25) is 9.48 Å². The van der Waals surface area contributed by atoms with Crippen LogP contribution in [0.2, 0.25) is 0 Å². The summed E-state index contributed by atoms with van der Waals surface area (Å²) in [6.07, 6.45) is 6.68. The Morgan fingerprint density at radius 1 is 1.26 bits per heavy atom. The highest BCUT2D eigenvalue weighted by atomic mass is 16.5. The number of morpholine rings is 1. The SMILES string of the molecule is C=CC(=O)Nc1cccc(CNc2nc(Nc3cnn(CCOC)c3)ncc2N2CCOCC2)c1. The van der Waals surface area contributed by atoms with E-state index in [2.05, 4.69) is 37.5 Å². The zero-order valence-corrected chi connectivity index (χ0v) is 19.7. The molecule has 0 aliphatic carbocycles. The van der Waals surface area contributed by atoms with Crippen LogP contribution in [0.15, 0.2) is 55.5 Å². The van der Waals surface area contributed by atoms with Crippen molar-refractivity contribution in [2.45, 2.75) is 13.1 Å². The number of amides is 1. The smallest absolute Gasteiger partial charge is 0.247 e. The van der Waals surface area contributed by atoms with E-state index in [9.17, 15) is 4.79 Å². The zero-order valence-electron chi connectivity index (χ0n) is 19.7. The molecule has 3 heterocycles. The van der Waals surface area contributed by atoms with E-state index < -0.39 is 0 Å². The van der Waals surface area contributed by atoms with E-state index in [0.29, 0.717) is 50.4 Å². The van der Waals surface area contributed by atoms with Gasteiger partial charge in [0.15, 0.2) is 5.82 Å². The number of benzene rings is 1. The number of hydrogen-bond acceptors (Lipinski definition) is 9. The molecule has 11 nitrogen and oxygen atoms in total. The highest BCUT2D eigenvalue weighted by molar-refractivity contribution is 5.98. The van der Waals surface area contributed by atoms with Crippen molar-refractivity contribution in [3.8, 4) is 0 Å². The van der Waals surface area contributed by atoms with E-state index in [-0.39, 0.29) is 5.91 Å². The van der Waals surface area contributed by atoms with Crippen molar-refractivity contribution < 1.29 is 14.3 Å². The van der Waals surface area contributed by atoms with Gasteiger partial charge >= 0.3 is 0 Å². The van der Waals surface area contributed by atoms with Gasteiger partial charge in [0.1, 0.15) is 0 Å². The van der Waals surface area contributed by atoms with Gasteiger partial charge in [0.25, 0.3) is 0 Å². The molecule has 0 saturated carbocycles. The highest BCUT2D eigenvalue weighted by Crippen LogP contribution is 2.27. The third-order valence-corrected chi connectivity index (χ3v) is 5.37. The lowest BCUT2D eigenvalue weighted by atomic mass is 10.2. The summed E-state index contributed by atoms with van der Waals surface area (Å²) in [5.41, 5.74) is 3.40. The molecule has 4 rings (SSSR count). The van der Waals surface area contributed by atoms with Gasteiger partial charge in [-0.15, -0.1) is 0 Å². The van der Waals surface area contributed by atoms with E-state index in [4.69, 9.17) is 14.5 Å². The number of carbonyl (C=O) groups is 1. The minimum atomic E-state index is -0.248. The van der Waals surface area contributed by atoms with Crippen LogP contribution in [-0.4, -0.2) is 65.7 Å². The monoisotopic (exact) mass is 478 g/mol. The fourth-order valence-corrected chi connectivity index (χ4v) is 3.60. The topological polar surface area (TPSA) is 118 Å². The van der Waals surface area contributed by atoms with Crippen LogP contribution in [0.1, 0.15) is 5.56 Å². The zero-order chi connectivity index (χ0) is 24.5. The molecule has 35 heavy (non-hydrogen) atoms. The van der Waals surface area contributed by atoms with Crippen molar-refractivity contribution in [3.05, 3.63) is 61.1 Å². The first-order valence-corrected chi connectivity index (χ1v) is 11.4. The molecular formula is C24H30N8O3. The van der Waals surface area contributed by atoms with Crippen molar-refractivity contribution in [2.24, 2.45) is 0 Å². The number of rotatable bonds is 11. The predicted octanol–water partition coefficient (Wildman–Crippen LogP) is 2.64. The summed E-state index contributed by atoms with van der Waals surface area (Å²) in [7, 11) is 1.66. The van der Waals surface area contributed by atoms with Crippen molar-refractivity contribution in [3.63, 3.8) is 0 Å². The summed E-state index contributed by atoms with van der Waals surface area (Å²) in [6, 6.07) is 7.63. The Balaban J connectivity index is 1.51. The third-order valence-electron chi connectivity index (χ3n) is 5.37. The minimum Gasteiger partial charge on any atom is -0.383 e. The van der Waals surface area contributed by atoms with Crippen LogP contribution in [-0.2, 0) is 27.4 Å². The molecule has 3 N–H and O–H groups in total. The molecule has 1 aliphatic rings. The quantitative estimate of drug-likeness (QED) is 0.357. The molecule has 0 spiro atoms. The van der Waals surface area contributed by atoms with Gasteiger partial charge in [-0.2, -0.15) is 10.1 Å². The largest absolute Gasteiger partial charge is 0.383 e. The van der Waals surface area contributed by atoms with Crippen LogP contribution in [0.3, 0.4) is 0 Å². The van der Waals surface area contributed by atoms with Crippen LogP contribution in [0.4, 0.5) is 28.8 Å². The van der Waals surface area contributed by atoms with Crippen molar-refractivity contribution in [2.75, 3.05) is 60.9 Å². The van der Waals surface area contributed by atoms with Gasteiger partial charge in [0.05, 0.1) is 50.1 Å². The molecule has 3 aromatic rings. The number of nitrogens with one attached hydrogen (secondary N) is 3. The van der Waals surface area contributed by atoms with E-state index in [1.165, 1.54) is 6.08 Å². The van der Waals surface area contributed by atoms with Gasteiger partial charge in [-0.25, -0.2) is 4.98 Å². The van der Waals surface area contributed by atoms with Crippen LogP contribution >= 0.6 is 0 Å². The van der Waals surface area contributed by atoms with E-state index in [0.717, 1.165) is 30.0 Å². The number of ether oxygens (including phenoxy) is 2. The fourth-order valence-electron chi connectivity index (χ4n) is 3.60. The average Bonchev–Trinajstić information content (AvgIpc) is 3.34. The Labute approximate surface area is 204 Å². The molecule has 0 bridgehead atoms. The number of methoxy groups -OCH3 is 1. The molecule has 184 valence electrons. The molecule has 0 unspecified atom stereocenters. The Morgan fingerprint density at radius 2 is 2.11 bits per heavy atom. The first kappa shape index (κ1) is 24.2. The Kier molecular flexibility index (Phi) is 8.25. The fraction of sp³-hybridized carbons (Fsp3) is 0.333. The molecule has 1 amide bonds. The van der Waals surface area contributed by atoms with Gasteiger partial charge in [0.2, 0.25) is 11.9 Å². The molecule has 0 radical (unpaired) electrons. The van der Waals surface area contributed by atoms with Crippen LogP contribution in [0.25, 0.3) is 0 Å². The lowest BCUT2D eigenvalue weighted by Gasteiger charge is -2.30. The van der Waals surface area contributed by atoms with Crippen LogP contribution in [0, 0.1) is 0 Å². The summed E-state index contributed by atoms with van der Waals surface area (Å²) >= 11 is 0. The molecular weight excluding hydrogens is 448 g/mol. The average molecular weight is 479 g/mol. The van der Waals surface area contributed by atoms with Crippen molar-refractivity contribution >= 4 is 34.7 Å². The molecule has 1 saturated heterocycles. The lowest BCUT2D eigenvalue weighted by Crippen LogP contribution is -2.36. The first-order chi connectivity index (χ1) is 17.1. The molecule has 1 aliphatic heterocycles. The maximum atomic E-state index is 11.6. The summed E-state index contributed by atoms with van der Waals surface area (Å²) in [6.45, 7) is 8.09. The predicted molar refractivity (Wildman–Crippen MR) is 135 cm³/mol. The molecule has 11 heteroatoms. The second-order valence-electron chi connectivity index (χ2n) is 7.88. The van der Waals surface area contributed by atoms with Crippen molar-refractivity contribution in [1.82, 2.24) is 19.7 Å².